The van der Waals surface area contributed by atoms with Gasteiger partial charge in [-0.2, -0.15) is 0 Å². The number of hydrogen-bond acceptors (Lipinski definition) is 2. The molecule has 0 heterocycles. The molecule has 1 aromatic carbocycles. The lowest BCUT2D eigenvalue weighted by atomic mass is 10.2. The van der Waals surface area contributed by atoms with Gasteiger partial charge in [0.2, 0.25) is 10.0 Å². The molecule has 0 aliphatic rings. The van der Waals surface area contributed by atoms with Crippen LogP contribution in [0, 0.1) is 6.92 Å². The second kappa shape index (κ2) is 7.00. The molecule has 0 bridgehead atoms. The fourth-order valence-corrected chi connectivity index (χ4v) is 3.62. The average Bonchev–Trinajstić information content (AvgIpc) is 2.29. The molecule has 0 aromatic heterocycles. The molecule has 0 saturated heterocycles. The molecule has 0 atom stereocenters. The van der Waals surface area contributed by atoms with Crippen molar-refractivity contribution in [1.82, 2.24) is 0 Å². The average molecular weight is 290 g/mol. The van der Waals surface area contributed by atoms with Crippen molar-refractivity contribution in [3.63, 3.8) is 0 Å². The third kappa shape index (κ3) is 4.18. The standard InChI is InChI=1S/C13H20ClNO2S/c1-3-15(13-8-6-7-12(2)11-13)18(16,17)10-5-4-9-14/h6-8,11H,3-5,9-10H2,1-2H3. The van der Waals surface area contributed by atoms with Gasteiger partial charge in [-0.25, -0.2) is 8.42 Å². The van der Waals surface area contributed by atoms with Gasteiger partial charge >= 0.3 is 0 Å². The van der Waals surface area contributed by atoms with Crippen LogP contribution in [0.5, 0.6) is 0 Å². The van der Waals surface area contributed by atoms with Crippen molar-refractivity contribution in [3.8, 4) is 0 Å². The topological polar surface area (TPSA) is 37.4 Å². The van der Waals surface area contributed by atoms with E-state index in [2.05, 4.69) is 0 Å². The Labute approximate surface area is 115 Å². The summed E-state index contributed by atoms with van der Waals surface area (Å²) >= 11 is 5.57. The maximum absolute atomic E-state index is 12.2. The number of halogens is 1. The zero-order chi connectivity index (χ0) is 13.6. The first-order valence-electron chi connectivity index (χ1n) is 6.14. The van der Waals surface area contributed by atoms with Gasteiger partial charge in [0.05, 0.1) is 11.4 Å². The summed E-state index contributed by atoms with van der Waals surface area (Å²) in [6.45, 7) is 4.26. The van der Waals surface area contributed by atoms with Crippen molar-refractivity contribution in [3.05, 3.63) is 29.8 Å². The van der Waals surface area contributed by atoms with E-state index in [4.69, 9.17) is 11.6 Å². The third-order valence-corrected chi connectivity index (χ3v) is 4.91. The van der Waals surface area contributed by atoms with E-state index < -0.39 is 10.0 Å². The van der Waals surface area contributed by atoms with E-state index in [0.29, 0.717) is 18.8 Å². The van der Waals surface area contributed by atoms with Crippen LogP contribution in [0.1, 0.15) is 25.3 Å². The van der Waals surface area contributed by atoms with E-state index in [1.165, 1.54) is 4.31 Å². The van der Waals surface area contributed by atoms with Crippen LogP contribution >= 0.6 is 11.6 Å². The lowest BCUT2D eigenvalue weighted by Crippen LogP contribution is -2.32. The molecule has 1 rings (SSSR count). The molecule has 18 heavy (non-hydrogen) atoms. The highest BCUT2D eigenvalue weighted by Gasteiger charge is 2.20. The van der Waals surface area contributed by atoms with Crippen LogP contribution in [0.25, 0.3) is 0 Å². The van der Waals surface area contributed by atoms with Crippen LogP contribution in [-0.2, 0) is 10.0 Å². The van der Waals surface area contributed by atoms with Gasteiger partial charge in [0.25, 0.3) is 0 Å². The van der Waals surface area contributed by atoms with Crippen molar-refractivity contribution < 1.29 is 8.42 Å². The Morgan fingerprint density at radius 3 is 2.56 bits per heavy atom. The van der Waals surface area contributed by atoms with Gasteiger partial charge in [-0.3, -0.25) is 4.31 Å². The normalized spacial score (nSPS) is 11.5. The minimum Gasteiger partial charge on any atom is -0.271 e. The van der Waals surface area contributed by atoms with Gasteiger partial charge in [-0.05, 0) is 44.4 Å². The Kier molecular flexibility index (Phi) is 5.96. The molecular weight excluding hydrogens is 270 g/mol. The predicted molar refractivity (Wildman–Crippen MR) is 77.9 cm³/mol. The molecule has 5 heteroatoms. The van der Waals surface area contributed by atoms with Gasteiger partial charge in [0.15, 0.2) is 0 Å². The van der Waals surface area contributed by atoms with Crippen LogP contribution in [-0.4, -0.2) is 26.6 Å². The summed E-state index contributed by atoms with van der Waals surface area (Å²) < 4.78 is 25.9. The number of hydrogen-bond donors (Lipinski definition) is 0. The maximum atomic E-state index is 12.2. The van der Waals surface area contributed by atoms with E-state index in [1.54, 1.807) is 0 Å². The van der Waals surface area contributed by atoms with Gasteiger partial charge in [0, 0.05) is 12.4 Å². The monoisotopic (exact) mass is 289 g/mol. The van der Waals surface area contributed by atoms with Gasteiger partial charge < -0.3 is 0 Å². The summed E-state index contributed by atoms with van der Waals surface area (Å²) in [5.74, 6) is 0.660. The molecule has 102 valence electrons. The molecule has 0 saturated carbocycles. The van der Waals surface area contributed by atoms with Gasteiger partial charge in [-0.15, -0.1) is 11.6 Å². The Bertz CT molecular complexity index is 474. The van der Waals surface area contributed by atoms with E-state index in [1.807, 2.05) is 38.1 Å². The minimum atomic E-state index is -3.24. The highest BCUT2D eigenvalue weighted by molar-refractivity contribution is 7.92. The first kappa shape index (κ1) is 15.3. The molecule has 0 N–H and O–H groups in total. The number of anilines is 1. The Balaban J connectivity index is 2.88. The number of benzene rings is 1. The summed E-state index contributed by atoms with van der Waals surface area (Å²) in [6.07, 6.45) is 1.33. The molecule has 1 aromatic rings. The van der Waals surface area contributed by atoms with Gasteiger partial charge in [-0.1, -0.05) is 12.1 Å². The predicted octanol–water partition coefficient (Wildman–Crippen LogP) is 3.17. The number of sulfonamides is 1. The second-order valence-corrected chi connectivity index (χ2v) is 6.61. The molecule has 0 spiro atoms. The largest absolute Gasteiger partial charge is 0.271 e. The molecule has 0 amide bonds. The molecule has 0 aliphatic heterocycles. The number of alkyl halides is 1. The highest BCUT2D eigenvalue weighted by Crippen LogP contribution is 2.20. The van der Waals surface area contributed by atoms with Crippen molar-refractivity contribution >= 4 is 27.3 Å². The highest BCUT2D eigenvalue weighted by atomic mass is 35.5. The Hall–Kier alpha value is -0.740. The Morgan fingerprint density at radius 2 is 2.00 bits per heavy atom. The lowest BCUT2D eigenvalue weighted by molar-refractivity contribution is 0.588. The molecular formula is C13H20ClNO2S. The van der Waals surface area contributed by atoms with Crippen molar-refractivity contribution in [1.29, 1.82) is 0 Å². The fourth-order valence-electron chi connectivity index (χ4n) is 1.81. The summed E-state index contributed by atoms with van der Waals surface area (Å²) in [4.78, 5) is 0. The van der Waals surface area contributed by atoms with E-state index in [-0.39, 0.29) is 5.75 Å². The van der Waals surface area contributed by atoms with Crippen molar-refractivity contribution in [2.75, 3.05) is 22.5 Å². The number of nitrogens with zero attached hydrogens (tertiary/aromatic N) is 1. The SMILES string of the molecule is CCN(c1cccc(C)c1)S(=O)(=O)CCCCCl. The van der Waals surface area contributed by atoms with Crippen molar-refractivity contribution in [2.45, 2.75) is 26.7 Å². The molecule has 0 aliphatic carbocycles. The van der Waals surface area contributed by atoms with Gasteiger partial charge in [0.1, 0.15) is 0 Å². The fraction of sp³-hybridized carbons (Fsp3) is 0.538. The zero-order valence-electron chi connectivity index (χ0n) is 10.9. The maximum Gasteiger partial charge on any atom is 0.235 e. The molecule has 0 fully saturated rings. The molecule has 0 radical (unpaired) electrons. The number of rotatable bonds is 7. The number of unbranched alkanes of at least 4 members (excludes halogenated alkanes) is 1. The Morgan fingerprint density at radius 1 is 1.28 bits per heavy atom. The van der Waals surface area contributed by atoms with Crippen LogP contribution < -0.4 is 4.31 Å². The third-order valence-electron chi connectivity index (χ3n) is 2.70. The number of aryl methyl sites for hydroxylation is 1. The van der Waals surface area contributed by atoms with Crippen molar-refractivity contribution in [2.24, 2.45) is 0 Å². The molecule has 3 nitrogen and oxygen atoms in total. The summed E-state index contributed by atoms with van der Waals surface area (Å²) in [6, 6.07) is 7.55. The summed E-state index contributed by atoms with van der Waals surface area (Å²) in [7, 11) is -3.24. The minimum absolute atomic E-state index is 0.154. The lowest BCUT2D eigenvalue weighted by Gasteiger charge is -2.23. The second-order valence-electron chi connectivity index (χ2n) is 4.22. The summed E-state index contributed by atoms with van der Waals surface area (Å²) in [5.41, 5.74) is 1.80. The van der Waals surface area contributed by atoms with Crippen LogP contribution in [0.4, 0.5) is 5.69 Å². The quantitative estimate of drug-likeness (QED) is 0.571. The van der Waals surface area contributed by atoms with E-state index >= 15 is 0 Å². The summed E-state index contributed by atoms with van der Waals surface area (Å²) in [5, 5.41) is 0. The zero-order valence-corrected chi connectivity index (χ0v) is 12.5. The molecule has 0 unspecified atom stereocenters. The smallest absolute Gasteiger partial charge is 0.235 e. The van der Waals surface area contributed by atoms with E-state index in [0.717, 1.165) is 17.7 Å². The van der Waals surface area contributed by atoms with E-state index in [9.17, 15) is 8.42 Å². The van der Waals surface area contributed by atoms with Crippen LogP contribution in [0.15, 0.2) is 24.3 Å². The first-order chi connectivity index (χ1) is 8.51. The first-order valence-corrected chi connectivity index (χ1v) is 8.28. The van der Waals surface area contributed by atoms with Crippen LogP contribution in [0.2, 0.25) is 0 Å². The van der Waals surface area contributed by atoms with Crippen LogP contribution in [0.3, 0.4) is 0 Å².